The van der Waals surface area contributed by atoms with E-state index in [1.54, 1.807) is 4.90 Å². The van der Waals surface area contributed by atoms with Gasteiger partial charge in [0.2, 0.25) is 5.91 Å². The molecular formula is C14H18N2O3. The summed E-state index contributed by atoms with van der Waals surface area (Å²) in [7, 11) is 0. The van der Waals surface area contributed by atoms with E-state index in [1.807, 2.05) is 30.3 Å². The maximum atomic E-state index is 12.2. The second-order valence-electron chi connectivity index (χ2n) is 4.83. The molecule has 1 aliphatic rings. The van der Waals surface area contributed by atoms with Crippen LogP contribution < -0.4 is 5.73 Å². The van der Waals surface area contributed by atoms with E-state index in [4.69, 9.17) is 10.8 Å². The van der Waals surface area contributed by atoms with Gasteiger partial charge in [0.15, 0.2) is 0 Å². The van der Waals surface area contributed by atoms with Crippen molar-refractivity contribution >= 4 is 11.9 Å². The van der Waals surface area contributed by atoms with Crippen LogP contribution in [0.15, 0.2) is 30.3 Å². The van der Waals surface area contributed by atoms with E-state index >= 15 is 0 Å². The van der Waals surface area contributed by atoms with Crippen LogP contribution in [0, 0.1) is 5.92 Å². The van der Waals surface area contributed by atoms with Crippen molar-refractivity contribution in [2.45, 2.75) is 18.9 Å². The number of benzene rings is 1. The molecule has 5 heteroatoms. The average molecular weight is 262 g/mol. The van der Waals surface area contributed by atoms with E-state index < -0.39 is 12.0 Å². The molecule has 0 aromatic heterocycles. The number of rotatable bonds is 3. The predicted molar refractivity (Wildman–Crippen MR) is 70.3 cm³/mol. The highest BCUT2D eigenvalue weighted by Crippen LogP contribution is 2.20. The molecule has 1 aromatic rings. The molecule has 0 spiro atoms. The molecule has 5 nitrogen and oxygen atoms in total. The Morgan fingerprint density at radius 1 is 1.21 bits per heavy atom. The summed E-state index contributed by atoms with van der Waals surface area (Å²) in [5, 5.41) is 8.92. The smallest absolute Gasteiger partial charge is 0.306 e. The Kier molecular flexibility index (Phi) is 4.16. The van der Waals surface area contributed by atoms with Crippen molar-refractivity contribution in [1.29, 1.82) is 0 Å². The average Bonchev–Trinajstić information content (AvgIpc) is 2.46. The highest BCUT2D eigenvalue weighted by Gasteiger charge is 2.29. The molecule has 0 unspecified atom stereocenters. The van der Waals surface area contributed by atoms with Crippen molar-refractivity contribution < 1.29 is 14.7 Å². The van der Waals surface area contributed by atoms with Crippen molar-refractivity contribution in [2.24, 2.45) is 11.7 Å². The van der Waals surface area contributed by atoms with Crippen LogP contribution in [0.1, 0.15) is 24.4 Å². The van der Waals surface area contributed by atoms with Gasteiger partial charge in [-0.05, 0) is 18.4 Å². The van der Waals surface area contributed by atoms with E-state index in [0.29, 0.717) is 25.9 Å². The zero-order chi connectivity index (χ0) is 13.8. The van der Waals surface area contributed by atoms with Gasteiger partial charge in [0.25, 0.3) is 0 Å². The van der Waals surface area contributed by atoms with Gasteiger partial charge in [-0.2, -0.15) is 0 Å². The Labute approximate surface area is 112 Å². The third kappa shape index (κ3) is 3.12. The maximum Gasteiger partial charge on any atom is 0.306 e. The van der Waals surface area contributed by atoms with Crippen LogP contribution in [-0.2, 0) is 9.59 Å². The van der Waals surface area contributed by atoms with Gasteiger partial charge in [-0.3, -0.25) is 9.59 Å². The van der Waals surface area contributed by atoms with E-state index in [1.165, 1.54) is 0 Å². The summed E-state index contributed by atoms with van der Waals surface area (Å²) >= 11 is 0. The summed E-state index contributed by atoms with van der Waals surface area (Å²) < 4.78 is 0. The summed E-state index contributed by atoms with van der Waals surface area (Å²) in [6, 6.07) is 8.55. The van der Waals surface area contributed by atoms with Gasteiger partial charge >= 0.3 is 5.97 Å². The van der Waals surface area contributed by atoms with Crippen LogP contribution in [0.25, 0.3) is 0 Å². The Hall–Kier alpha value is -1.88. The Balaban J connectivity index is 1.96. The fourth-order valence-electron chi connectivity index (χ4n) is 2.35. The molecule has 3 N–H and O–H groups in total. The number of carboxylic acid groups (broad SMARTS) is 1. The molecule has 1 aromatic carbocycles. The van der Waals surface area contributed by atoms with Crippen molar-refractivity contribution in [3.8, 4) is 0 Å². The molecule has 0 aliphatic carbocycles. The molecule has 102 valence electrons. The van der Waals surface area contributed by atoms with Gasteiger partial charge < -0.3 is 15.7 Å². The number of amides is 1. The highest BCUT2D eigenvalue weighted by atomic mass is 16.4. The largest absolute Gasteiger partial charge is 0.481 e. The minimum atomic E-state index is -0.778. The number of carboxylic acids is 1. The van der Waals surface area contributed by atoms with Gasteiger partial charge in [0.1, 0.15) is 6.04 Å². The number of carbonyl (C=O) groups is 2. The van der Waals surface area contributed by atoms with Gasteiger partial charge in [0.05, 0.1) is 5.92 Å². The molecule has 1 amide bonds. The molecule has 2 rings (SSSR count). The van der Waals surface area contributed by atoms with Crippen LogP contribution >= 0.6 is 0 Å². The number of piperidine rings is 1. The SMILES string of the molecule is N[C@@H](C(=O)N1CCC(C(=O)O)CC1)c1ccccc1. The van der Waals surface area contributed by atoms with Gasteiger partial charge in [0, 0.05) is 13.1 Å². The van der Waals surface area contributed by atoms with Crippen LogP contribution in [-0.4, -0.2) is 35.0 Å². The second kappa shape index (κ2) is 5.84. The Morgan fingerprint density at radius 2 is 1.79 bits per heavy atom. The minimum Gasteiger partial charge on any atom is -0.481 e. The molecule has 0 radical (unpaired) electrons. The fraction of sp³-hybridized carbons (Fsp3) is 0.429. The topological polar surface area (TPSA) is 83.6 Å². The van der Waals surface area contributed by atoms with Crippen molar-refractivity contribution in [2.75, 3.05) is 13.1 Å². The van der Waals surface area contributed by atoms with Crippen molar-refractivity contribution in [3.63, 3.8) is 0 Å². The molecule has 1 aliphatic heterocycles. The first-order chi connectivity index (χ1) is 9.09. The van der Waals surface area contributed by atoms with E-state index in [2.05, 4.69) is 0 Å². The molecule has 0 saturated carbocycles. The standard InChI is InChI=1S/C14H18N2O3/c15-12(10-4-2-1-3-5-10)13(17)16-8-6-11(7-9-16)14(18)19/h1-5,11-12H,6-9,15H2,(H,18,19)/t12-/m1/s1. The van der Waals surface area contributed by atoms with Crippen LogP contribution in [0.3, 0.4) is 0 Å². The number of aliphatic carboxylic acids is 1. The predicted octanol–water partition coefficient (Wildman–Crippen LogP) is 1.01. The fourth-order valence-corrected chi connectivity index (χ4v) is 2.35. The molecule has 1 heterocycles. The molecule has 1 saturated heterocycles. The normalized spacial score (nSPS) is 18.1. The third-order valence-corrected chi connectivity index (χ3v) is 3.58. The third-order valence-electron chi connectivity index (χ3n) is 3.58. The lowest BCUT2D eigenvalue weighted by Gasteiger charge is -2.32. The molecule has 1 atom stereocenters. The number of hydrogen-bond donors (Lipinski definition) is 2. The molecule has 1 fully saturated rings. The Morgan fingerprint density at radius 3 is 2.32 bits per heavy atom. The molecule has 19 heavy (non-hydrogen) atoms. The number of carbonyl (C=O) groups excluding carboxylic acids is 1. The summed E-state index contributed by atoms with van der Waals surface area (Å²) in [6.07, 6.45) is 1.01. The molecule has 0 bridgehead atoms. The first-order valence-electron chi connectivity index (χ1n) is 6.41. The van der Waals surface area contributed by atoms with Crippen molar-refractivity contribution in [1.82, 2.24) is 4.90 Å². The summed E-state index contributed by atoms with van der Waals surface area (Å²) in [5.41, 5.74) is 6.74. The zero-order valence-corrected chi connectivity index (χ0v) is 10.7. The summed E-state index contributed by atoms with van der Waals surface area (Å²) in [6.45, 7) is 0.937. The lowest BCUT2D eigenvalue weighted by molar-refractivity contribution is -0.146. The lowest BCUT2D eigenvalue weighted by atomic mass is 9.96. The zero-order valence-electron chi connectivity index (χ0n) is 10.7. The van der Waals surface area contributed by atoms with E-state index in [-0.39, 0.29) is 11.8 Å². The summed E-state index contributed by atoms with van der Waals surface area (Å²) in [5.74, 6) is -1.24. The van der Waals surface area contributed by atoms with Crippen LogP contribution in [0.2, 0.25) is 0 Å². The van der Waals surface area contributed by atoms with Crippen LogP contribution in [0.5, 0.6) is 0 Å². The number of nitrogens with zero attached hydrogens (tertiary/aromatic N) is 1. The molecular weight excluding hydrogens is 244 g/mol. The van der Waals surface area contributed by atoms with E-state index in [9.17, 15) is 9.59 Å². The Bertz CT molecular complexity index is 453. The number of nitrogens with two attached hydrogens (primary N) is 1. The highest BCUT2D eigenvalue weighted by molar-refractivity contribution is 5.83. The van der Waals surface area contributed by atoms with Gasteiger partial charge in [-0.15, -0.1) is 0 Å². The lowest BCUT2D eigenvalue weighted by Crippen LogP contribution is -2.44. The number of hydrogen-bond acceptors (Lipinski definition) is 3. The summed E-state index contributed by atoms with van der Waals surface area (Å²) in [4.78, 5) is 24.8. The quantitative estimate of drug-likeness (QED) is 0.851. The van der Waals surface area contributed by atoms with E-state index in [0.717, 1.165) is 5.56 Å². The minimum absolute atomic E-state index is 0.130. The first-order valence-corrected chi connectivity index (χ1v) is 6.41. The van der Waals surface area contributed by atoms with Gasteiger partial charge in [-0.25, -0.2) is 0 Å². The second-order valence-corrected chi connectivity index (χ2v) is 4.83. The monoisotopic (exact) mass is 262 g/mol. The van der Waals surface area contributed by atoms with Crippen LogP contribution in [0.4, 0.5) is 0 Å². The van der Waals surface area contributed by atoms with Crippen molar-refractivity contribution in [3.05, 3.63) is 35.9 Å². The first kappa shape index (κ1) is 13.5. The number of likely N-dealkylation sites (tertiary alicyclic amines) is 1. The maximum absolute atomic E-state index is 12.2. The van der Waals surface area contributed by atoms with Gasteiger partial charge in [-0.1, -0.05) is 30.3 Å².